The molecular weight excluding hydrogens is 305 g/mol. The first-order valence-electron chi connectivity index (χ1n) is 8.37. The average Bonchev–Trinajstić information content (AvgIpc) is 3.12. The molecule has 24 heavy (non-hydrogen) atoms. The van der Waals surface area contributed by atoms with Crippen LogP contribution in [0.1, 0.15) is 11.6 Å². The Bertz CT molecular complexity index is 721. The van der Waals surface area contributed by atoms with E-state index < -0.39 is 0 Å². The lowest BCUT2D eigenvalue weighted by Gasteiger charge is -2.27. The molecule has 4 rings (SSSR count). The van der Waals surface area contributed by atoms with Gasteiger partial charge in [-0.2, -0.15) is 0 Å². The summed E-state index contributed by atoms with van der Waals surface area (Å²) in [4.78, 5) is 8.77. The molecule has 0 saturated carbocycles. The maximum Gasteiger partial charge on any atom is 0.165 e. The second kappa shape index (κ2) is 6.06. The summed E-state index contributed by atoms with van der Waals surface area (Å²) in [6.07, 6.45) is 1.67. The van der Waals surface area contributed by atoms with Gasteiger partial charge in [0.1, 0.15) is 5.75 Å². The highest BCUT2D eigenvalue weighted by atomic mass is 19.1. The molecule has 0 aliphatic carbocycles. The highest BCUT2D eigenvalue weighted by molar-refractivity contribution is 5.42. The van der Waals surface area contributed by atoms with Gasteiger partial charge in [0, 0.05) is 37.8 Å². The number of benzene rings is 1. The fraction of sp³-hybridized carbons (Fsp3) is 0.421. The molecule has 4 nitrogen and oxygen atoms in total. The van der Waals surface area contributed by atoms with E-state index in [1.807, 2.05) is 12.1 Å². The number of rotatable bonds is 3. The van der Waals surface area contributed by atoms with Crippen LogP contribution in [0.15, 0.2) is 42.6 Å². The molecule has 2 aliphatic rings. The van der Waals surface area contributed by atoms with E-state index in [4.69, 9.17) is 4.74 Å². The van der Waals surface area contributed by atoms with Gasteiger partial charge in [0.25, 0.3) is 0 Å². The Hall–Kier alpha value is -2.14. The zero-order chi connectivity index (χ0) is 16.7. The van der Waals surface area contributed by atoms with Crippen molar-refractivity contribution in [3.8, 4) is 5.75 Å². The van der Waals surface area contributed by atoms with E-state index in [-0.39, 0.29) is 5.82 Å². The summed E-state index contributed by atoms with van der Waals surface area (Å²) in [7, 11) is 3.86. The molecule has 0 N–H and O–H groups in total. The number of fused-ring (bicyclic) bond motifs is 1. The van der Waals surface area contributed by atoms with Crippen LogP contribution in [0.2, 0.25) is 0 Å². The molecule has 1 aromatic heterocycles. The van der Waals surface area contributed by atoms with E-state index in [1.54, 1.807) is 19.4 Å². The van der Waals surface area contributed by atoms with Gasteiger partial charge in [-0.3, -0.25) is 4.90 Å². The second-order valence-electron chi connectivity index (χ2n) is 6.80. The number of nitrogens with zero attached hydrogens (tertiary/aromatic N) is 3. The third-order valence-corrected chi connectivity index (χ3v) is 5.39. The first-order valence-corrected chi connectivity index (χ1v) is 8.37. The SMILES string of the molecule is COc1ccc([C@H]2[C@@H]3CN(c4ncccc4F)C[C@@H]3CN2C)cc1. The number of anilines is 1. The third-order valence-electron chi connectivity index (χ3n) is 5.39. The largest absolute Gasteiger partial charge is 0.497 e. The molecule has 2 aliphatic heterocycles. The smallest absolute Gasteiger partial charge is 0.165 e. The molecule has 3 heterocycles. The lowest BCUT2D eigenvalue weighted by molar-refractivity contribution is 0.279. The van der Waals surface area contributed by atoms with Crippen LogP contribution in [-0.2, 0) is 0 Å². The molecule has 0 amide bonds. The molecule has 2 saturated heterocycles. The third kappa shape index (κ3) is 2.53. The van der Waals surface area contributed by atoms with E-state index in [2.05, 4.69) is 34.0 Å². The van der Waals surface area contributed by atoms with Crippen molar-refractivity contribution in [2.45, 2.75) is 6.04 Å². The van der Waals surface area contributed by atoms with Gasteiger partial charge in [-0.05, 0) is 42.8 Å². The number of hydrogen-bond donors (Lipinski definition) is 0. The van der Waals surface area contributed by atoms with Crippen LogP contribution < -0.4 is 9.64 Å². The fourth-order valence-corrected chi connectivity index (χ4v) is 4.34. The van der Waals surface area contributed by atoms with Gasteiger partial charge in [0.2, 0.25) is 0 Å². The summed E-state index contributed by atoms with van der Waals surface area (Å²) in [5, 5.41) is 0. The first kappa shape index (κ1) is 15.4. The maximum atomic E-state index is 14.1. The van der Waals surface area contributed by atoms with Crippen LogP contribution in [0.3, 0.4) is 0 Å². The predicted molar refractivity (Wildman–Crippen MR) is 91.8 cm³/mol. The zero-order valence-corrected chi connectivity index (χ0v) is 14.0. The van der Waals surface area contributed by atoms with Gasteiger partial charge in [0.05, 0.1) is 7.11 Å². The molecule has 0 spiro atoms. The van der Waals surface area contributed by atoms with Crippen molar-refractivity contribution >= 4 is 5.82 Å². The molecule has 0 radical (unpaired) electrons. The van der Waals surface area contributed by atoms with E-state index in [1.165, 1.54) is 11.6 Å². The number of halogens is 1. The van der Waals surface area contributed by atoms with Crippen molar-refractivity contribution in [1.82, 2.24) is 9.88 Å². The van der Waals surface area contributed by atoms with E-state index in [0.29, 0.717) is 23.7 Å². The van der Waals surface area contributed by atoms with Gasteiger partial charge in [-0.1, -0.05) is 12.1 Å². The molecule has 0 unspecified atom stereocenters. The monoisotopic (exact) mass is 327 g/mol. The lowest BCUT2D eigenvalue weighted by atomic mass is 9.89. The number of methoxy groups -OCH3 is 1. The van der Waals surface area contributed by atoms with E-state index >= 15 is 0 Å². The predicted octanol–water partition coefficient (Wildman–Crippen LogP) is 2.97. The summed E-state index contributed by atoms with van der Waals surface area (Å²) in [6, 6.07) is 11.8. The quantitative estimate of drug-likeness (QED) is 0.866. The molecule has 0 bridgehead atoms. The van der Waals surface area contributed by atoms with Crippen molar-refractivity contribution < 1.29 is 9.13 Å². The van der Waals surface area contributed by atoms with E-state index in [9.17, 15) is 4.39 Å². The zero-order valence-electron chi connectivity index (χ0n) is 14.0. The summed E-state index contributed by atoms with van der Waals surface area (Å²) in [6.45, 7) is 2.75. The van der Waals surface area contributed by atoms with Crippen molar-refractivity contribution in [2.24, 2.45) is 11.8 Å². The van der Waals surface area contributed by atoms with Crippen LogP contribution in [0.25, 0.3) is 0 Å². The number of likely N-dealkylation sites (tertiary alicyclic amines) is 1. The van der Waals surface area contributed by atoms with Crippen molar-refractivity contribution in [3.63, 3.8) is 0 Å². The molecular formula is C19H22FN3O. The van der Waals surface area contributed by atoms with Crippen molar-refractivity contribution in [3.05, 3.63) is 54.0 Å². The average molecular weight is 327 g/mol. The van der Waals surface area contributed by atoms with Crippen molar-refractivity contribution in [1.29, 1.82) is 0 Å². The van der Waals surface area contributed by atoms with Crippen LogP contribution >= 0.6 is 0 Å². The Morgan fingerprint density at radius 1 is 1.12 bits per heavy atom. The lowest BCUT2D eigenvalue weighted by Crippen LogP contribution is -2.30. The Morgan fingerprint density at radius 3 is 2.62 bits per heavy atom. The van der Waals surface area contributed by atoms with Gasteiger partial charge in [-0.15, -0.1) is 0 Å². The van der Waals surface area contributed by atoms with Gasteiger partial charge in [0.15, 0.2) is 11.6 Å². The molecule has 126 valence electrons. The molecule has 2 fully saturated rings. The highest BCUT2D eigenvalue weighted by Crippen LogP contribution is 2.45. The Labute approximate surface area is 141 Å². The molecule has 2 aromatic rings. The Balaban J connectivity index is 1.58. The molecule has 1 aromatic carbocycles. The Morgan fingerprint density at radius 2 is 1.92 bits per heavy atom. The maximum absolute atomic E-state index is 14.1. The van der Waals surface area contributed by atoms with Crippen LogP contribution in [0.5, 0.6) is 5.75 Å². The minimum Gasteiger partial charge on any atom is -0.497 e. The second-order valence-corrected chi connectivity index (χ2v) is 6.80. The van der Waals surface area contributed by atoms with Crippen molar-refractivity contribution in [2.75, 3.05) is 38.7 Å². The fourth-order valence-electron chi connectivity index (χ4n) is 4.34. The number of aromatic nitrogens is 1. The van der Waals surface area contributed by atoms with Crippen LogP contribution in [0.4, 0.5) is 10.2 Å². The standard InChI is InChI=1S/C19H22FN3O/c1-22-10-14-11-23(19-17(20)4-3-9-21-19)12-16(14)18(22)13-5-7-15(24-2)8-6-13/h3-9,14,16,18H,10-12H2,1-2H3/t14-,16+,18-/m0/s1. The molecule has 3 atom stereocenters. The van der Waals surface area contributed by atoms with Crippen LogP contribution in [0, 0.1) is 17.7 Å². The van der Waals surface area contributed by atoms with Gasteiger partial charge in [-0.25, -0.2) is 9.37 Å². The minimum atomic E-state index is -0.230. The first-order chi connectivity index (χ1) is 11.7. The van der Waals surface area contributed by atoms with E-state index in [0.717, 1.165) is 25.4 Å². The summed E-state index contributed by atoms with van der Waals surface area (Å²) in [5.74, 6) is 2.17. The minimum absolute atomic E-state index is 0.230. The Kier molecular flexibility index (Phi) is 3.88. The summed E-state index contributed by atoms with van der Waals surface area (Å²) in [5.41, 5.74) is 1.30. The topological polar surface area (TPSA) is 28.6 Å². The number of pyridine rings is 1. The normalized spacial score (nSPS) is 26.6. The number of hydrogen-bond acceptors (Lipinski definition) is 4. The summed E-state index contributed by atoms with van der Waals surface area (Å²) < 4.78 is 19.3. The number of ether oxygens (including phenoxy) is 1. The highest BCUT2D eigenvalue weighted by Gasteiger charge is 2.46. The summed E-state index contributed by atoms with van der Waals surface area (Å²) >= 11 is 0. The van der Waals surface area contributed by atoms with Gasteiger partial charge >= 0.3 is 0 Å². The van der Waals surface area contributed by atoms with Crippen LogP contribution in [-0.4, -0.2) is 43.7 Å². The van der Waals surface area contributed by atoms with Gasteiger partial charge < -0.3 is 9.64 Å². The molecule has 5 heteroatoms.